The van der Waals surface area contributed by atoms with Crippen LogP contribution in [0.3, 0.4) is 0 Å². The highest BCUT2D eigenvalue weighted by molar-refractivity contribution is 7.10. The lowest BCUT2D eigenvalue weighted by molar-refractivity contribution is -0.121. The molecule has 0 saturated carbocycles. The fourth-order valence-electron chi connectivity index (χ4n) is 3.90. The van der Waals surface area contributed by atoms with E-state index in [1.165, 1.54) is 0 Å². The number of thiophene rings is 1. The lowest BCUT2D eigenvalue weighted by atomic mass is 10.0. The van der Waals surface area contributed by atoms with Crippen molar-refractivity contribution in [2.24, 2.45) is 5.92 Å². The third-order valence-corrected chi connectivity index (χ3v) is 5.91. The molecule has 0 aliphatic carbocycles. The summed E-state index contributed by atoms with van der Waals surface area (Å²) in [4.78, 5) is 18.4. The van der Waals surface area contributed by atoms with Gasteiger partial charge in [0.15, 0.2) is 0 Å². The van der Waals surface area contributed by atoms with E-state index in [4.69, 9.17) is 4.74 Å². The Morgan fingerprint density at radius 2 is 2.17 bits per heavy atom. The fourth-order valence-corrected chi connectivity index (χ4v) is 4.60. The Kier molecular flexibility index (Phi) is 6.27. The van der Waals surface area contributed by atoms with Gasteiger partial charge < -0.3 is 15.0 Å². The average molecular weight is 352 g/mol. The minimum Gasteiger partial charge on any atom is -0.381 e. The monoisotopic (exact) mass is 351 g/mol. The second kappa shape index (κ2) is 8.43. The van der Waals surface area contributed by atoms with Crippen molar-refractivity contribution in [3.63, 3.8) is 0 Å². The Bertz CT molecular complexity index is 514. The van der Waals surface area contributed by atoms with Crippen LogP contribution in [0.1, 0.15) is 17.7 Å². The SMILES string of the molecule is CN(C)C[C@@H]1CN(C2CCOCC2)C[C@H]1NC(=O)Cc1cccs1. The second-order valence-electron chi connectivity index (χ2n) is 7.25. The molecule has 0 spiro atoms. The molecule has 0 bridgehead atoms. The lowest BCUT2D eigenvalue weighted by Crippen LogP contribution is -2.44. The highest BCUT2D eigenvalue weighted by atomic mass is 32.1. The minimum atomic E-state index is 0.153. The Labute approximate surface area is 149 Å². The van der Waals surface area contributed by atoms with Crippen molar-refractivity contribution in [1.29, 1.82) is 0 Å². The molecule has 1 aromatic heterocycles. The normalized spacial score (nSPS) is 26.1. The Morgan fingerprint density at radius 3 is 2.83 bits per heavy atom. The van der Waals surface area contributed by atoms with Gasteiger partial charge in [0.2, 0.25) is 5.91 Å². The van der Waals surface area contributed by atoms with Crippen molar-refractivity contribution in [1.82, 2.24) is 15.1 Å². The minimum absolute atomic E-state index is 0.153. The first kappa shape index (κ1) is 17.9. The molecule has 24 heavy (non-hydrogen) atoms. The summed E-state index contributed by atoms with van der Waals surface area (Å²) in [6.07, 6.45) is 2.73. The predicted octanol–water partition coefficient (Wildman–Crippen LogP) is 1.45. The summed E-state index contributed by atoms with van der Waals surface area (Å²) in [6.45, 7) is 4.81. The molecule has 2 aliphatic heterocycles. The van der Waals surface area contributed by atoms with Gasteiger partial charge in [-0.2, -0.15) is 0 Å². The van der Waals surface area contributed by atoms with E-state index in [1.807, 2.05) is 17.5 Å². The van der Waals surface area contributed by atoms with E-state index in [0.29, 0.717) is 18.4 Å². The molecule has 2 fully saturated rings. The van der Waals surface area contributed by atoms with Gasteiger partial charge >= 0.3 is 0 Å². The maximum Gasteiger partial charge on any atom is 0.225 e. The first-order valence-electron chi connectivity index (χ1n) is 8.90. The summed E-state index contributed by atoms with van der Waals surface area (Å²) in [5.74, 6) is 0.648. The lowest BCUT2D eigenvalue weighted by Gasteiger charge is -2.31. The van der Waals surface area contributed by atoms with Crippen LogP contribution in [0.2, 0.25) is 0 Å². The molecule has 0 aromatic carbocycles. The van der Waals surface area contributed by atoms with Crippen LogP contribution in [-0.2, 0) is 16.0 Å². The van der Waals surface area contributed by atoms with Crippen LogP contribution in [0, 0.1) is 5.92 Å². The van der Waals surface area contributed by atoms with Crippen molar-refractivity contribution in [2.75, 3.05) is 46.9 Å². The van der Waals surface area contributed by atoms with Crippen LogP contribution in [0.4, 0.5) is 0 Å². The molecule has 5 nitrogen and oxygen atoms in total. The summed E-state index contributed by atoms with van der Waals surface area (Å²) in [6, 6.07) is 4.90. The predicted molar refractivity (Wildman–Crippen MR) is 97.4 cm³/mol. The van der Waals surface area contributed by atoms with E-state index in [9.17, 15) is 4.79 Å². The van der Waals surface area contributed by atoms with E-state index in [-0.39, 0.29) is 11.9 Å². The number of carbonyl (C=O) groups excluding carboxylic acids is 1. The van der Waals surface area contributed by atoms with Crippen LogP contribution >= 0.6 is 11.3 Å². The van der Waals surface area contributed by atoms with Crippen molar-refractivity contribution >= 4 is 17.2 Å². The highest BCUT2D eigenvalue weighted by Gasteiger charge is 2.37. The Balaban J connectivity index is 1.58. The van der Waals surface area contributed by atoms with Gasteiger partial charge in [0.05, 0.1) is 6.42 Å². The number of amides is 1. The van der Waals surface area contributed by atoms with Gasteiger partial charge in [-0.25, -0.2) is 0 Å². The van der Waals surface area contributed by atoms with Crippen LogP contribution < -0.4 is 5.32 Å². The van der Waals surface area contributed by atoms with Gasteiger partial charge in [-0.1, -0.05) is 6.07 Å². The zero-order valence-corrected chi connectivity index (χ0v) is 15.6. The number of hydrogen-bond acceptors (Lipinski definition) is 5. The zero-order valence-electron chi connectivity index (χ0n) is 14.7. The van der Waals surface area contributed by atoms with Gasteiger partial charge in [-0.3, -0.25) is 9.69 Å². The van der Waals surface area contributed by atoms with Crippen LogP contribution in [-0.4, -0.2) is 74.7 Å². The van der Waals surface area contributed by atoms with Crippen LogP contribution in [0.5, 0.6) is 0 Å². The van der Waals surface area contributed by atoms with Gasteiger partial charge in [-0.15, -0.1) is 11.3 Å². The number of nitrogens with zero attached hydrogens (tertiary/aromatic N) is 2. The molecular weight excluding hydrogens is 322 g/mol. The topological polar surface area (TPSA) is 44.8 Å². The fraction of sp³-hybridized carbons (Fsp3) is 0.722. The first-order chi connectivity index (χ1) is 11.6. The molecular formula is C18H29N3O2S. The van der Waals surface area contributed by atoms with Gasteiger partial charge in [0, 0.05) is 55.7 Å². The van der Waals surface area contributed by atoms with E-state index in [0.717, 1.165) is 50.6 Å². The maximum atomic E-state index is 12.4. The smallest absolute Gasteiger partial charge is 0.225 e. The largest absolute Gasteiger partial charge is 0.381 e. The van der Waals surface area contributed by atoms with Gasteiger partial charge in [-0.05, 0) is 38.4 Å². The van der Waals surface area contributed by atoms with Crippen molar-refractivity contribution in [3.8, 4) is 0 Å². The Hall–Kier alpha value is -0.950. The van der Waals surface area contributed by atoms with Crippen molar-refractivity contribution in [3.05, 3.63) is 22.4 Å². The molecule has 3 heterocycles. The second-order valence-corrected chi connectivity index (χ2v) is 8.28. The maximum absolute atomic E-state index is 12.4. The third-order valence-electron chi connectivity index (χ3n) is 5.04. The van der Waals surface area contributed by atoms with Gasteiger partial charge in [0.1, 0.15) is 0 Å². The average Bonchev–Trinajstić information content (AvgIpc) is 3.18. The Morgan fingerprint density at radius 1 is 1.38 bits per heavy atom. The molecule has 1 aromatic rings. The summed E-state index contributed by atoms with van der Waals surface area (Å²) in [5.41, 5.74) is 0. The highest BCUT2D eigenvalue weighted by Crippen LogP contribution is 2.25. The quantitative estimate of drug-likeness (QED) is 0.843. The molecule has 1 N–H and O–H groups in total. The standard InChI is InChI=1S/C18H29N3O2S/c1-20(2)11-14-12-21(15-5-7-23-8-6-15)13-17(14)19-18(22)10-16-4-3-9-24-16/h3-4,9,14-15,17H,5-8,10-13H2,1-2H3,(H,19,22)/t14-,17-/m1/s1. The van der Waals surface area contributed by atoms with Crippen LogP contribution in [0.25, 0.3) is 0 Å². The number of carbonyl (C=O) groups is 1. The summed E-state index contributed by atoms with van der Waals surface area (Å²) in [5, 5.41) is 5.34. The summed E-state index contributed by atoms with van der Waals surface area (Å²) >= 11 is 1.65. The van der Waals surface area contributed by atoms with E-state index in [1.54, 1.807) is 11.3 Å². The van der Waals surface area contributed by atoms with E-state index < -0.39 is 0 Å². The molecule has 6 heteroatoms. The van der Waals surface area contributed by atoms with Gasteiger partial charge in [0.25, 0.3) is 0 Å². The molecule has 2 saturated heterocycles. The molecule has 134 valence electrons. The molecule has 0 unspecified atom stereocenters. The molecule has 2 atom stereocenters. The summed E-state index contributed by atoms with van der Waals surface area (Å²) < 4.78 is 5.50. The molecule has 3 rings (SSSR count). The number of ether oxygens (including phenoxy) is 1. The number of nitrogens with one attached hydrogen (secondary N) is 1. The van der Waals surface area contributed by atoms with Crippen molar-refractivity contribution in [2.45, 2.75) is 31.3 Å². The zero-order chi connectivity index (χ0) is 16.9. The first-order valence-corrected chi connectivity index (χ1v) is 9.78. The van der Waals surface area contributed by atoms with Crippen molar-refractivity contribution < 1.29 is 9.53 Å². The number of likely N-dealkylation sites (tertiary alicyclic amines) is 1. The van der Waals surface area contributed by atoms with Crippen LogP contribution in [0.15, 0.2) is 17.5 Å². The number of rotatable bonds is 6. The number of hydrogen-bond donors (Lipinski definition) is 1. The molecule has 2 aliphatic rings. The third kappa shape index (κ3) is 4.79. The van der Waals surface area contributed by atoms with E-state index in [2.05, 4.69) is 29.2 Å². The molecule has 1 amide bonds. The molecule has 0 radical (unpaired) electrons. The van der Waals surface area contributed by atoms with E-state index >= 15 is 0 Å². The summed E-state index contributed by atoms with van der Waals surface area (Å²) in [7, 11) is 4.23.